The lowest BCUT2D eigenvalue weighted by atomic mass is 10.1. The average molecular weight is 214 g/mol. The van der Waals surface area contributed by atoms with E-state index in [4.69, 9.17) is 5.73 Å². The van der Waals surface area contributed by atoms with E-state index < -0.39 is 0 Å². The molecule has 0 bridgehead atoms. The van der Waals surface area contributed by atoms with Gasteiger partial charge in [-0.2, -0.15) is 0 Å². The zero-order valence-corrected chi connectivity index (χ0v) is 10.8. The zero-order valence-electron chi connectivity index (χ0n) is 10.8. The normalized spacial score (nSPS) is 11.2. The van der Waals surface area contributed by atoms with Crippen LogP contribution in [-0.4, -0.2) is 31.1 Å². The lowest BCUT2D eigenvalue weighted by molar-refractivity contribution is 0.295. The fourth-order valence-corrected chi connectivity index (χ4v) is 1.90. The molecule has 0 aliphatic heterocycles. The maximum atomic E-state index is 5.45. The SMILES string of the molecule is CCN(CC)CCCCCCCCCN. The van der Waals surface area contributed by atoms with Crippen molar-refractivity contribution in [1.29, 1.82) is 0 Å². The summed E-state index contributed by atoms with van der Waals surface area (Å²) < 4.78 is 0. The van der Waals surface area contributed by atoms with E-state index in [-0.39, 0.29) is 0 Å². The van der Waals surface area contributed by atoms with Gasteiger partial charge in [-0.15, -0.1) is 0 Å². The average Bonchev–Trinajstić information content (AvgIpc) is 2.27. The van der Waals surface area contributed by atoms with Gasteiger partial charge in [0.25, 0.3) is 0 Å². The predicted molar refractivity (Wildman–Crippen MR) is 69.2 cm³/mol. The van der Waals surface area contributed by atoms with Gasteiger partial charge in [-0.05, 0) is 39.0 Å². The molecule has 0 aromatic heterocycles. The molecule has 0 atom stereocenters. The van der Waals surface area contributed by atoms with Crippen molar-refractivity contribution in [2.24, 2.45) is 5.73 Å². The van der Waals surface area contributed by atoms with Crippen molar-refractivity contribution >= 4 is 0 Å². The largest absolute Gasteiger partial charge is 0.330 e. The molecule has 0 aliphatic carbocycles. The maximum absolute atomic E-state index is 5.45. The van der Waals surface area contributed by atoms with Crippen LogP contribution in [0.1, 0.15) is 58.8 Å². The van der Waals surface area contributed by atoms with Crippen LogP contribution >= 0.6 is 0 Å². The predicted octanol–water partition coefficient (Wildman–Crippen LogP) is 3.02. The first-order chi connectivity index (χ1) is 7.35. The Balaban J connectivity index is 3.04. The van der Waals surface area contributed by atoms with Gasteiger partial charge in [0.1, 0.15) is 0 Å². The van der Waals surface area contributed by atoms with Gasteiger partial charge < -0.3 is 10.6 Å². The topological polar surface area (TPSA) is 29.3 Å². The van der Waals surface area contributed by atoms with Crippen LogP contribution in [0.3, 0.4) is 0 Å². The van der Waals surface area contributed by atoms with E-state index in [1.54, 1.807) is 0 Å². The molecule has 15 heavy (non-hydrogen) atoms. The van der Waals surface area contributed by atoms with Crippen LogP contribution < -0.4 is 5.73 Å². The van der Waals surface area contributed by atoms with Crippen LogP contribution in [0.2, 0.25) is 0 Å². The Kier molecular flexibility index (Phi) is 11.9. The summed E-state index contributed by atoms with van der Waals surface area (Å²) >= 11 is 0. The van der Waals surface area contributed by atoms with E-state index in [1.807, 2.05) is 0 Å². The third kappa shape index (κ3) is 10.2. The Labute approximate surface area is 96.2 Å². The molecule has 0 unspecified atom stereocenters. The zero-order chi connectivity index (χ0) is 11.4. The van der Waals surface area contributed by atoms with Crippen molar-refractivity contribution in [3.8, 4) is 0 Å². The van der Waals surface area contributed by atoms with Gasteiger partial charge >= 0.3 is 0 Å². The third-order valence-corrected chi connectivity index (χ3v) is 3.07. The van der Waals surface area contributed by atoms with Gasteiger partial charge in [-0.25, -0.2) is 0 Å². The Bertz CT molecular complexity index is 111. The van der Waals surface area contributed by atoms with Gasteiger partial charge in [0.05, 0.1) is 0 Å². The molecule has 0 aromatic rings. The standard InChI is InChI=1S/C13H30N2/c1-3-15(4-2)13-11-9-7-5-6-8-10-12-14/h3-14H2,1-2H3. The molecule has 0 heterocycles. The van der Waals surface area contributed by atoms with E-state index in [9.17, 15) is 0 Å². The molecule has 0 aliphatic rings. The fourth-order valence-electron chi connectivity index (χ4n) is 1.90. The van der Waals surface area contributed by atoms with Crippen LogP contribution in [0.15, 0.2) is 0 Å². The van der Waals surface area contributed by atoms with Crippen LogP contribution in [0.5, 0.6) is 0 Å². The van der Waals surface area contributed by atoms with E-state index in [2.05, 4.69) is 18.7 Å². The fraction of sp³-hybridized carbons (Fsp3) is 1.00. The highest BCUT2D eigenvalue weighted by Crippen LogP contribution is 2.07. The van der Waals surface area contributed by atoms with Crippen LogP contribution in [0, 0.1) is 0 Å². The third-order valence-electron chi connectivity index (χ3n) is 3.07. The summed E-state index contributed by atoms with van der Waals surface area (Å²) in [4.78, 5) is 2.51. The molecule has 0 fully saturated rings. The Morgan fingerprint density at radius 2 is 1.20 bits per heavy atom. The molecule has 0 amide bonds. The summed E-state index contributed by atoms with van der Waals surface area (Å²) in [6.07, 6.45) is 9.50. The minimum atomic E-state index is 0.863. The van der Waals surface area contributed by atoms with Crippen molar-refractivity contribution in [2.45, 2.75) is 58.8 Å². The van der Waals surface area contributed by atoms with E-state index in [0.29, 0.717) is 0 Å². The molecule has 0 saturated carbocycles. The van der Waals surface area contributed by atoms with Gasteiger partial charge in [-0.3, -0.25) is 0 Å². The van der Waals surface area contributed by atoms with Crippen molar-refractivity contribution in [3.63, 3.8) is 0 Å². The van der Waals surface area contributed by atoms with Crippen LogP contribution in [0.25, 0.3) is 0 Å². The molecule has 0 saturated heterocycles. The highest BCUT2D eigenvalue weighted by molar-refractivity contribution is 4.53. The van der Waals surface area contributed by atoms with Crippen LogP contribution in [0.4, 0.5) is 0 Å². The lowest BCUT2D eigenvalue weighted by Crippen LogP contribution is -2.23. The molecule has 0 spiro atoms. The second kappa shape index (κ2) is 12.0. The lowest BCUT2D eigenvalue weighted by Gasteiger charge is -2.17. The van der Waals surface area contributed by atoms with Gasteiger partial charge in [0.15, 0.2) is 0 Å². The van der Waals surface area contributed by atoms with Gasteiger partial charge in [-0.1, -0.05) is 46.0 Å². The maximum Gasteiger partial charge on any atom is -0.00190 e. The number of hydrogen-bond donors (Lipinski definition) is 1. The number of unbranched alkanes of at least 4 members (excludes halogenated alkanes) is 6. The summed E-state index contributed by atoms with van der Waals surface area (Å²) in [5, 5.41) is 0. The van der Waals surface area contributed by atoms with E-state index in [1.165, 1.54) is 64.6 Å². The summed E-state index contributed by atoms with van der Waals surface area (Å²) in [6.45, 7) is 9.05. The summed E-state index contributed by atoms with van der Waals surface area (Å²) in [6, 6.07) is 0. The molecule has 0 aromatic carbocycles. The monoisotopic (exact) mass is 214 g/mol. The summed E-state index contributed by atoms with van der Waals surface area (Å²) in [7, 11) is 0. The quantitative estimate of drug-likeness (QED) is 0.536. The Morgan fingerprint density at radius 1 is 0.733 bits per heavy atom. The minimum absolute atomic E-state index is 0.863. The number of rotatable bonds is 11. The number of nitrogens with zero attached hydrogens (tertiary/aromatic N) is 1. The van der Waals surface area contributed by atoms with Gasteiger partial charge in [0.2, 0.25) is 0 Å². The molecule has 0 rings (SSSR count). The van der Waals surface area contributed by atoms with E-state index in [0.717, 1.165) is 6.54 Å². The van der Waals surface area contributed by atoms with E-state index >= 15 is 0 Å². The molecule has 0 radical (unpaired) electrons. The summed E-state index contributed by atoms with van der Waals surface area (Å²) in [5.74, 6) is 0. The van der Waals surface area contributed by atoms with Crippen molar-refractivity contribution in [3.05, 3.63) is 0 Å². The number of hydrogen-bond acceptors (Lipinski definition) is 2. The van der Waals surface area contributed by atoms with Crippen molar-refractivity contribution in [2.75, 3.05) is 26.2 Å². The Hall–Kier alpha value is -0.0800. The number of nitrogens with two attached hydrogens (primary N) is 1. The first-order valence-electron chi connectivity index (χ1n) is 6.77. The van der Waals surface area contributed by atoms with Crippen LogP contribution in [-0.2, 0) is 0 Å². The van der Waals surface area contributed by atoms with Crippen molar-refractivity contribution in [1.82, 2.24) is 4.90 Å². The highest BCUT2D eigenvalue weighted by atomic mass is 15.1. The first kappa shape index (κ1) is 14.9. The smallest absolute Gasteiger partial charge is 0.00190 e. The first-order valence-corrected chi connectivity index (χ1v) is 6.77. The molecular weight excluding hydrogens is 184 g/mol. The van der Waals surface area contributed by atoms with Crippen molar-refractivity contribution < 1.29 is 0 Å². The molecule has 2 heteroatoms. The molecule has 92 valence electrons. The second-order valence-electron chi connectivity index (χ2n) is 4.29. The molecule has 2 nitrogen and oxygen atoms in total. The van der Waals surface area contributed by atoms with Gasteiger partial charge in [0, 0.05) is 0 Å². The second-order valence-corrected chi connectivity index (χ2v) is 4.29. The minimum Gasteiger partial charge on any atom is -0.330 e. The molecular formula is C13H30N2. The molecule has 2 N–H and O–H groups in total. The highest BCUT2D eigenvalue weighted by Gasteiger charge is 1.97. The summed E-state index contributed by atoms with van der Waals surface area (Å²) in [5.41, 5.74) is 5.45. The Morgan fingerprint density at radius 3 is 1.67 bits per heavy atom.